The van der Waals surface area contributed by atoms with Crippen LogP contribution in [0.1, 0.15) is 70.4 Å². The fourth-order valence-corrected chi connectivity index (χ4v) is 5.79. The monoisotopic (exact) mass is 641 g/mol. The van der Waals surface area contributed by atoms with Gasteiger partial charge in [0.25, 0.3) is 0 Å². The quantitative estimate of drug-likeness (QED) is 0.147. The molecule has 44 heavy (non-hydrogen) atoms. The van der Waals surface area contributed by atoms with E-state index in [0.29, 0.717) is 35.7 Å². The molecule has 3 aromatic rings. The van der Waals surface area contributed by atoms with Crippen LogP contribution in [0.15, 0.2) is 60.9 Å². The number of nitrogens with zero attached hydrogens (tertiary/aromatic N) is 2. The molecule has 0 bridgehead atoms. The molecule has 2 aliphatic rings. The molecule has 9 nitrogen and oxygen atoms in total. The highest BCUT2D eigenvalue weighted by atomic mass is 35.5. The van der Waals surface area contributed by atoms with Crippen molar-refractivity contribution in [1.82, 2.24) is 10.3 Å². The van der Waals surface area contributed by atoms with Crippen molar-refractivity contribution in [2.45, 2.75) is 83.2 Å². The van der Waals surface area contributed by atoms with Crippen LogP contribution in [0, 0.1) is 0 Å². The van der Waals surface area contributed by atoms with Crippen LogP contribution in [0.25, 0.3) is 11.1 Å². The number of alkyl carbamates (subject to hydrolysis) is 1. The number of unbranched alkanes of at least 4 members (excludes halogenated alkanes) is 1. The van der Waals surface area contributed by atoms with E-state index in [1.807, 2.05) is 30.5 Å². The number of carbonyl (C=O) groups excluding carboxylic acids is 1. The van der Waals surface area contributed by atoms with E-state index in [4.69, 9.17) is 25.8 Å². The standard InChI is InChI=1S/C33H40ClN3O6S/c1-32(2,3)43-31(38)36-17-6-7-19-37(44(39)40)24-10-13-29(34)23(20-24)22-41-33(15-16-33)28-21-35-18-14-26(28)27-8-4-5-9-30(27)42-25-11-12-25/h4-5,8-10,13-14,18,20-21,25,44H,6-7,11-12,15-17,19,22H2,1-3H3,(H,36,38). The molecule has 0 radical (unpaired) electrons. The first-order chi connectivity index (χ1) is 21.0. The van der Waals surface area contributed by atoms with E-state index in [-0.39, 0.29) is 19.3 Å². The number of amides is 1. The average Bonchev–Trinajstić information content (AvgIpc) is 3.91. The van der Waals surface area contributed by atoms with Gasteiger partial charge in [-0.2, -0.15) is 0 Å². The number of para-hydroxylation sites is 1. The minimum Gasteiger partial charge on any atom is -0.490 e. The average molecular weight is 642 g/mol. The molecule has 1 aromatic heterocycles. The van der Waals surface area contributed by atoms with Crippen LogP contribution in [-0.4, -0.2) is 44.3 Å². The van der Waals surface area contributed by atoms with Gasteiger partial charge in [0.1, 0.15) is 11.4 Å². The molecule has 236 valence electrons. The molecule has 0 spiro atoms. The fraction of sp³-hybridized carbons (Fsp3) is 0.455. The van der Waals surface area contributed by atoms with Crippen molar-refractivity contribution in [1.29, 1.82) is 0 Å². The highest BCUT2D eigenvalue weighted by Crippen LogP contribution is 2.53. The number of aromatic nitrogens is 1. The van der Waals surface area contributed by atoms with Crippen molar-refractivity contribution >= 4 is 34.3 Å². The Morgan fingerprint density at radius 3 is 2.57 bits per heavy atom. The Labute approximate surface area is 266 Å². The molecule has 5 rings (SSSR count). The molecule has 0 unspecified atom stereocenters. The molecule has 0 atom stereocenters. The van der Waals surface area contributed by atoms with Gasteiger partial charge in [0, 0.05) is 41.6 Å². The Morgan fingerprint density at radius 1 is 1.09 bits per heavy atom. The number of rotatable bonds is 14. The SMILES string of the molecule is CC(C)(C)OC(=O)NCCCCN(c1ccc(Cl)c(COC2(c3cnccc3-c3ccccc3OC3CC3)CC2)c1)[SH](=O)=O. The molecule has 11 heteroatoms. The van der Waals surface area contributed by atoms with Crippen molar-refractivity contribution in [2.75, 3.05) is 17.4 Å². The van der Waals surface area contributed by atoms with E-state index in [2.05, 4.69) is 16.4 Å². The normalized spacial score (nSPS) is 15.6. The second kappa shape index (κ2) is 13.7. The van der Waals surface area contributed by atoms with Crippen molar-refractivity contribution in [2.24, 2.45) is 0 Å². The van der Waals surface area contributed by atoms with Crippen molar-refractivity contribution < 1.29 is 27.4 Å². The zero-order chi connectivity index (χ0) is 31.3. The summed E-state index contributed by atoms with van der Waals surface area (Å²) in [5, 5.41) is 3.20. The predicted octanol–water partition coefficient (Wildman–Crippen LogP) is 6.79. The van der Waals surface area contributed by atoms with E-state index in [9.17, 15) is 13.2 Å². The first-order valence-corrected chi connectivity index (χ1v) is 16.6. The Hall–Kier alpha value is -3.34. The molecule has 0 aliphatic heterocycles. The molecule has 1 N–H and O–H groups in total. The Kier molecular flexibility index (Phi) is 10.0. The molecule has 2 aliphatic carbocycles. The number of thiol groups is 1. The first kappa shape index (κ1) is 32.1. The maximum Gasteiger partial charge on any atom is 0.407 e. The highest BCUT2D eigenvalue weighted by molar-refractivity contribution is 7.74. The van der Waals surface area contributed by atoms with E-state index in [1.54, 1.807) is 45.2 Å². The predicted molar refractivity (Wildman–Crippen MR) is 172 cm³/mol. The lowest BCUT2D eigenvalue weighted by molar-refractivity contribution is 0.0174. The molecule has 1 heterocycles. The van der Waals surface area contributed by atoms with Gasteiger partial charge in [-0.1, -0.05) is 29.8 Å². The largest absolute Gasteiger partial charge is 0.490 e. The minimum atomic E-state index is -2.89. The third-order valence-electron chi connectivity index (χ3n) is 7.50. The smallest absolute Gasteiger partial charge is 0.407 e. The Bertz CT molecular complexity index is 1540. The number of pyridine rings is 1. The highest BCUT2D eigenvalue weighted by Gasteiger charge is 2.48. The lowest BCUT2D eigenvalue weighted by atomic mass is 9.96. The summed E-state index contributed by atoms with van der Waals surface area (Å²) in [6.45, 7) is 6.26. The molecule has 0 saturated heterocycles. The summed E-state index contributed by atoms with van der Waals surface area (Å²) in [5.74, 6) is 0.862. The van der Waals surface area contributed by atoms with E-state index in [1.165, 1.54) is 4.31 Å². The number of hydrogen-bond donors (Lipinski definition) is 2. The first-order valence-electron chi connectivity index (χ1n) is 15.1. The lowest BCUT2D eigenvalue weighted by Crippen LogP contribution is -2.33. The number of carbonyl (C=O) groups is 1. The summed E-state index contributed by atoms with van der Waals surface area (Å²) in [6, 6.07) is 15.2. The van der Waals surface area contributed by atoms with Gasteiger partial charge in [0.05, 0.1) is 24.0 Å². The molecular weight excluding hydrogens is 602 g/mol. The van der Waals surface area contributed by atoms with Gasteiger partial charge >= 0.3 is 6.09 Å². The van der Waals surface area contributed by atoms with E-state index >= 15 is 0 Å². The molecule has 1 amide bonds. The van der Waals surface area contributed by atoms with Crippen molar-refractivity contribution in [3.05, 3.63) is 77.1 Å². The van der Waals surface area contributed by atoms with Gasteiger partial charge in [0.15, 0.2) is 0 Å². The van der Waals surface area contributed by atoms with Crippen LogP contribution in [-0.2, 0) is 32.6 Å². The van der Waals surface area contributed by atoms with Gasteiger partial charge < -0.3 is 19.5 Å². The van der Waals surface area contributed by atoms with E-state index in [0.717, 1.165) is 48.1 Å². The number of anilines is 1. The van der Waals surface area contributed by atoms with Crippen LogP contribution in [0.5, 0.6) is 5.75 Å². The van der Waals surface area contributed by atoms with Crippen LogP contribution in [0.3, 0.4) is 0 Å². The van der Waals surface area contributed by atoms with E-state index < -0.39 is 28.2 Å². The second-order valence-electron chi connectivity index (χ2n) is 12.3. The molecule has 2 aromatic carbocycles. The van der Waals surface area contributed by atoms with Crippen molar-refractivity contribution in [3.63, 3.8) is 0 Å². The zero-order valence-electron chi connectivity index (χ0n) is 25.4. The second-order valence-corrected chi connectivity index (χ2v) is 13.7. The van der Waals surface area contributed by atoms with Gasteiger partial charge in [0.2, 0.25) is 10.9 Å². The Balaban J connectivity index is 1.25. The molecular formula is C33H40ClN3O6S. The van der Waals surface area contributed by atoms with Gasteiger partial charge in [-0.25, -0.2) is 13.2 Å². The topological polar surface area (TPSA) is 107 Å². The van der Waals surface area contributed by atoms with Crippen LogP contribution < -0.4 is 14.4 Å². The number of hydrogen-bond acceptors (Lipinski definition) is 7. The third-order valence-corrected chi connectivity index (χ3v) is 8.70. The third kappa shape index (κ3) is 8.43. The lowest BCUT2D eigenvalue weighted by Gasteiger charge is -2.23. The number of benzene rings is 2. The molecule has 2 saturated carbocycles. The summed E-state index contributed by atoms with van der Waals surface area (Å²) in [5.41, 5.74) is 3.18. The van der Waals surface area contributed by atoms with Crippen molar-refractivity contribution in [3.8, 4) is 16.9 Å². The van der Waals surface area contributed by atoms with Gasteiger partial charge in [-0.3, -0.25) is 9.29 Å². The number of nitrogens with one attached hydrogen (secondary N) is 1. The van der Waals surface area contributed by atoms with Crippen LogP contribution >= 0.6 is 11.6 Å². The summed E-state index contributed by atoms with van der Waals surface area (Å²) in [6.07, 6.45) is 8.41. The minimum absolute atomic E-state index is 0.213. The Morgan fingerprint density at radius 2 is 1.86 bits per heavy atom. The van der Waals surface area contributed by atoms with Gasteiger partial charge in [-0.15, -0.1) is 0 Å². The summed E-state index contributed by atoms with van der Waals surface area (Å²) in [4.78, 5) is 16.3. The zero-order valence-corrected chi connectivity index (χ0v) is 27.0. The van der Waals surface area contributed by atoms with Gasteiger partial charge in [-0.05, 0) is 101 Å². The maximum atomic E-state index is 12.2. The van der Waals surface area contributed by atoms with Crippen LogP contribution in [0.4, 0.5) is 10.5 Å². The number of halogens is 1. The fourth-order valence-electron chi connectivity index (χ4n) is 5.00. The summed E-state index contributed by atoms with van der Waals surface area (Å²) < 4.78 is 43.7. The summed E-state index contributed by atoms with van der Waals surface area (Å²) >= 11 is 6.57. The van der Waals surface area contributed by atoms with Crippen LogP contribution in [0.2, 0.25) is 5.02 Å². The summed E-state index contributed by atoms with van der Waals surface area (Å²) in [7, 11) is -2.89. The number of ether oxygens (including phenoxy) is 3. The molecule has 2 fully saturated rings. The maximum absolute atomic E-state index is 12.2.